The van der Waals surface area contributed by atoms with E-state index in [1.54, 1.807) is 4.90 Å². The lowest BCUT2D eigenvalue weighted by atomic mass is 10.2. The number of carbonyl (C=O) groups is 1. The van der Waals surface area contributed by atoms with Crippen molar-refractivity contribution in [2.24, 2.45) is 5.92 Å². The first-order valence-electron chi connectivity index (χ1n) is 4.63. The van der Waals surface area contributed by atoms with Gasteiger partial charge in [-0.25, -0.2) is 0 Å². The van der Waals surface area contributed by atoms with Gasteiger partial charge in [0, 0.05) is 31.5 Å². The first-order valence-corrected chi connectivity index (χ1v) is 5.16. The Kier molecular flexibility index (Phi) is 7.00. The first kappa shape index (κ1) is 12.7. The molecule has 13 heavy (non-hydrogen) atoms. The lowest BCUT2D eigenvalue weighted by molar-refractivity contribution is -0.134. The average Bonchev–Trinajstić information content (AvgIpc) is 2.17. The Balaban J connectivity index is 3.98. The number of halogens is 1. The summed E-state index contributed by atoms with van der Waals surface area (Å²) in [6.07, 6.45) is 0.634. The molecular formula is C9H18ClNO2. The van der Waals surface area contributed by atoms with E-state index in [9.17, 15) is 4.79 Å². The highest BCUT2D eigenvalue weighted by Crippen LogP contribution is 2.05. The molecule has 0 radical (unpaired) electrons. The van der Waals surface area contributed by atoms with Gasteiger partial charge in [-0.2, -0.15) is 0 Å². The number of aliphatic hydroxyl groups excluding tert-OH is 1. The number of aliphatic hydroxyl groups is 1. The van der Waals surface area contributed by atoms with E-state index in [2.05, 4.69) is 0 Å². The van der Waals surface area contributed by atoms with Gasteiger partial charge in [-0.3, -0.25) is 4.79 Å². The third-order valence-corrected chi connectivity index (χ3v) is 2.40. The van der Waals surface area contributed by atoms with Crippen molar-refractivity contribution < 1.29 is 9.90 Å². The quantitative estimate of drug-likeness (QED) is 0.663. The van der Waals surface area contributed by atoms with Crippen LogP contribution >= 0.6 is 11.6 Å². The summed E-state index contributed by atoms with van der Waals surface area (Å²) < 4.78 is 0. The monoisotopic (exact) mass is 207 g/mol. The molecule has 0 aliphatic carbocycles. The topological polar surface area (TPSA) is 40.5 Å². The Morgan fingerprint density at radius 2 is 2.23 bits per heavy atom. The van der Waals surface area contributed by atoms with Crippen LogP contribution in [-0.4, -0.2) is 41.5 Å². The van der Waals surface area contributed by atoms with Crippen LogP contribution in [0.3, 0.4) is 0 Å². The number of hydrogen-bond donors (Lipinski definition) is 1. The molecule has 0 aromatic carbocycles. The zero-order chi connectivity index (χ0) is 10.3. The molecule has 0 heterocycles. The Morgan fingerprint density at radius 1 is 1.62 bits per heavy atom. The summed E-state index contributed by atoms with van der Waals surface area (Å²) in [5, 5.41) is 8.62. The number of carbonyl (C=O) groups excluding carboxylic acids is 1. The smallest absolute Gasteiger partial charge is 0.226 e. The van der Waals surface area contributed by atoms with Crippen molar-refractivity contribution in [3.8, 4) is 0 Å². The summed E-state index contributed by atoms with van der Waals surface area (Å²) in [5.41, 5.74) is 0. The third kappa shape index (κ3) is 4.48. The SMILES string of the molecule is CCN(CCCO)C(=O)C(C)CCl. The Labute approximate surface area is 84.7 Å². The molecule has 0 aromatic rings. The zero-order valence-electron chi connectivity index (χ0n) is 8.29. The predicted molar refractivity (Wildman–Crippen MR) is 53.8 cm³/mol. The van der Waals surface area contributed by atoms with E-state index in [1.165, 1.54) is 0 Å². The van der Waals surface area contributed by atoms with Crippen LogP contribution in [0.25, 0.3) is 0 Å². The molecule has 0 aromatic heterocycles. The minimum absolute atomic E-state index is 0.0750. The van der Waals surface area contributed by atoms with Crippen LogP contribution in [0.4, 0.5) is 0 Å². The van der Waals surface area contributed by atoms with Crippen molar-refractivity contribution in [3.63, 3.8) is 0 Å². The fourth-order valence-corrected chi connectivity index (χ4v) is 1.20. The molecule has 0 spiro atoms. The van der Waals surface area contributed by atoms with Crippen LogP contribution in [0.5, 0.6) is 0 Å². The molecule has 0 bridgehead atoms. The van der Waals surface area contributed by atoms with Crippen molar-refractivity contribution >= 4 is 17.5 Å². The van der Waals surface area contributed by atoms with Crippen molar-refractivity contribution in [1.82, 2.24) is 4.90 Å². The maximum Gasteiger partial charge on any atom is 0.226 e. The van der Waals surface area contributed by atoms with Gasteiger partial charge < -0.3 is 10.0 Å². The molecule has 4 heteroatoms. The maximum atomic E-state index is 11.6. The molecule has 0 saturated heterocycles. The van der Waals surface area contributed by atoms with Crippen molar-refractivity contribution in [3.05, 3.63) is 0 Å². The Hall–Kier alpha value is -0.280. The molecule has 0 saturated carbocycles. The number of alkyl halides is 1. The minimum Gasteiger partial charge on any atom is -0.396 e. The van der Waals surface area contributed by atoms with Crippen LogP contribution in [0.2, 0.25) is 0 Å². The lowest BCUT2D eigenvalue weighted by Gasteiger charge is -2.23. The second kappa shape index (κ2) is 7.15. The van der Waals surface area contributed by atoms with Gasteiger partial charge in [0.05, 0.1) is 0 Å². The molecule has 1 atom stereocenters. The molecular weight excluding hydrogens is 190 g/mol. The molecule has 1 amide bonds. The van der Waals surface area contributed by atoms with Gasteiger partial charge in [0.25, 0.3) is 0 Å². The van der Waals surface area contributed by atoms with Crippen molar-refractivity contribution in [2.75, 3.05) is 25.6 Å². The maximum absolute atomic E-state index is 11.6. The van der Waals surface area contributed by atoms with E-state index in [0.717, 1.165) is 0 Å². The normalized spacial score (nSPS) is 12.6. The standard InChI is InChI=1S/C9H18ClNO2/c1-3-11(5-4-6-12)9(13)8(2)7-10/h8,12H,3-7H2,1-2H3. The number of rotatable bonds is 6. The van der Waals surface area contributed by atoms with E-state index >= 15 is 0 Å². The predicted octanol–water partition coefficient (Wildman–Crippen LogP) is 1.09. The van der Waals surface area contributed by atoms with Gasteiger partial charge in [0.1, 0.15) is 0 Å². The van der Waals surface area contributed by atoms with Crippen LogP contribution in [0.1, 0.15) is 20.3 Å². The molecule has 3 nitrogen and oxygen atoms in total. The van der Waals surface area contributed by atoms with E-state index in [-0.39, 0.29) is 18.4 Å². The molecule has 1 unspecified atom stereocenters. The first-order chi connectivity index (χ1) is 6.17. The van der Waals surface area contributed by atoms with E-state index in [4.69, 9.17) is 16.7 Å². The summed E-state index contributed by atoms with van der Waals surface area (Å²) in [6, 6.07) is 0. The van der Waals surface area contributed by atoms with Gasteiger partial charge >= 0.3 is 0 Å². The number of hydrogen-bond acceptors (Lipinski definition) is 2. The summed E-state index contributed by atoms with van der Waals surface area (Å²) >= 11 is 5.59. The Bertz CT molecular complexity index is 153. The lowest BCUT2D eigenvalue weighted by Crippen LogP contribution is -2.36. The number of amides is 1. The van der Waals surface area contributed by atoms with Crippen molar-refractivity contribution in [2.45, 2.75) is 20.3 Å². The largest absolute Gasteiger partial charge is 0.396 e. The molecule has 0 aliphatic rings. The number of nitrogens with zero attached hydrogens (tertiary/aromatic N) is 1. The van der Waals surface area contributed by atoms with Crippen molar-refractivity contribution in [1.29, 1.82) is 0 Å². The fraction of sp³-hybridized carbons (Fsp3) is 0.889. The summed E-state index contributed by atoms with van der Waals surface area (Å²) in [7, 11) is 0. The molecule has 1 N–H and O–H groups in total. The molecule has 0 aliphatic heterocycles. The molecule has 0 rings (SSSR count). The van der Waals surface area contributed by atoms with Gasteiger partial charge in [0.2, 0.25) is 5.91 Å². The van der Waals surface area contributed by atoms with E-state index in [1.807, 2.05) is 13.8 Å². The highest BCUT2D eigenvalue weighted by molar-refractivity contribution is 6.19. The van der Waals surface area contributed by atoms with Gasteiger partial charge in [-0.05, 0) is 13.3 Å². The zero-order valence-corrected chi connectivity index (χ0v) is 9.05. The van der Waals surface area contributed by atoms with E-state index in [0.29, 0.717) is 25.4 Å². The van der Waals surface area contributed by atoms with Gasteiger partial charge in [0.15, 0.2) is 0 Å². The summed E-state index contributed by atoms with van der Waals surface area (Å²) in [6.45, 7) is 5.17. The summed E-state index contributed by atoms with van der Waals surface area (Å²) in [4.78, 5) is 13.3. The molecule has 78 valence electrons. The molecule has 0 fully saturated rings. The second-order valence-corrected chi connectivity index (χ2v) is 3.36. The van der Waals surface area contributed by atoms with E-state index < -0.39 is 0 Å². The fourth-order valence-electron chi connectivity index (χ4n) is 1.06. The second-order valence-electron chi connectivity index (χ2n) is 3.05. The van der Waals surface area contributed by atoms with Gasteiger partial charge in [-0.15, -0.1) is 11.6 Å². The van der Waals surface area contributed by atoms with Crippen LogP contribution in [0, 0.1) is 5.92 Å². The van der Waals surface area contributed by atoms with Crippen LogP contribution < -0.4 is 0 Å². The summed E-state index contributed by atoms with van der Waals surface area (Å²) in [5.74, 6) is 0.306. The minimum atomic E-state index is -0.125. The highest BCUT2D eigenvalue weighted by Gasteiger charge is 2.17. The Morgan fingerprint density at radius 3 is 2.62 bits per heavy atom. The average molecular weight is 208 g/mol. The van der Waals surface area contributed by atoms with Gasteiger partial charge in [-0.1, -0.05) is 6.92 Å². The third-order valence-electron chi connectivity index (χ3n) is 1.93. The van der Waals surface area contributed by atoms with Crippen LogP contribution in [0.15, 0.2) is 0 Å². The highest BCUT2D eigenvalue weighted by atomic mass is 35.5. The van der Waals surface area contributed by atoms with Crippen LogP contribution in [-0.2, 0) is 4.79 Å².